The van der Waals surface area contributed by atoms with Crippen LogP contribution in [0.1, 0.15) is 11.6 Å². The lowest BCUT2D eigenvalue weighted by Gasteiger charge is -2.13. The Labute approximate surface area is 75.2 Å². The molecule has 1 aromatic rings. The standard InChI is InChI=1S/C9H11F2NO/c1-12-9(5-13)6-2-3-7(10)8(11)4-6/h2-4,9,12-13H,5H2,1H3/t9-/m1/s1. The number of aliphatic hydroxyl groups excluding tert-OH is 1. The fraction of sp³-hybridized carbons (Fsp3) is 0.333. The van der Waals surface area contributed by atoms with E-state index >= 15 is 0 Å². The van der Waals surface area contributed by atoms with Crippen LogP contribution in [0.2, 0.25) is 0 Å². The molecule has 0 unspecified atom stereocenters. The molecule has 0 amide bonds. The van der Waals surface area contributed by atoms with Gasteiger partial charge in [-0.05, 0) is 24.7 Å². The summed E-state index contributed by atoms with van der Waals surface area (Å²) in [5.41, 5.74) is 0.531. The van der Waals surface area contributed by atoms with Crippen molar-refractivity contribution in [2.45, 2.75) is 6.04 Å². The van der Waals surface area contributed by atoms with Gasteiger partial charge in [-0.3, -0.25) is 0 Å². The van der Waals surface area contributed by atoms with Gasteiger partial charge in [-0.15, -0.1) is 0 Å². The fourth-order valence-electron chi connectivity index (χ4n) is 1.09. The number of aliphatic hydroxyl groups is 1. The molecule has 0 aliphatic heterocycles. The van der Waals surface area contributed by atoms with Crippen LogP contribution in [0.3, 0.4) is 0 Å². The highest BCUT2D eigenvalue weighted by molar-refractivity contribution is 5.21. The Kier molecular flexibility index (Phi) is 3.33. The summed E-state index contributed by atoms with van der Waals surface area (Å²) >= 11 is 0. The summed E-state index contributed by atoms with van der Waals surface area (Å²) in [6, 6.07) is 3.21. The molecule has 0 heterocycles. The van der Waals surface area contributed by atoms with Crippen LogP contribution in [-0.4, -0.2) is 18.8 Å². The van der Waals surface area contributed by atoms with E-state index in [2.05, 4.69) is 5.32 Å². The van der Waals surface area contributed by atoms with Gasteiger partial charge in [0, 0.05) is 0 Å². The van der Waals surface area contributed by atoms with Crippen molar-refractivity contribution < 1.29 is 13.9 Å². The molecule has 72 valence electrons. The highest BCUT2D eigenvalue weighted by Crippen LogP contribution is 2.15. The van der Waals surface area contributed by atoms with Gasteiger partial charge in [0.2, 0.25) is 0 Å². The van der Waals surface area contributed by atoms with E-state index in [-0.39, 0.29) is 12.6 Å². The third-order valence-electron chi connectivity index (χ3n) is 1.88. The number of benzene rings is 1. The van der Waals surface area contributed by atoms with E-state index in [0.717, 1.165) is 12.1 Å². The van der Waals surface area contributed by atoms with Crippen molar-refractivity contribution in [3.63, 3.8) is 0 Å². The van der Waals surface area contributed by atoms with Crippen LogP contribution < -0.4 is 5.32 Å². The Balaban J connectivity index is 2.95. The molecule has 1 rings (SSSR count). The minimum Gasteiger partial charge on any atom is -0.394 e. The molecule has 0 aliphatic carbocycles. The number of rotatable bonds is 3. The summed E-state index contributed by atoms with van der Waals surface area (Å²) in [5.74, 6) is -1.78. The maximum atomic E-state index is 12.7. The van der Waals surface area contributed by atoms with E-state index in [1.54, 1.807) is 7.05 Å². The van der Waals surface area contributed by atoms with Gasteiger partial charge >= 0.3 is 0 Å². The van der Waals surface area contributed by atoms with Crippen molar-refractivity contribution in [1.82, 2.24) is 5.32 Å². The van der Waals surface area contributed by atoms with Crippen molar-refractivity contribution in [3.8, 4) is 0 Å². The lowest BCUT2D eigenvalue weighted by molar-refractivity contribution is 0.250. The predicted molar refractivity (Wildman–Crippen MR) is 45.2 cm³/mol. The van der Waals surface area contributed by atoms with Crippen LogP contribution in [0.4, 0.5) is 8.78 Å². The maximum Gasteiger partial charge on any atom is 0.159 e. The van der Waals surface area contributed by atoms with Crippen LogP contribution in [0.25, 0.3) is 0 Å². The molecule has 0 radical (unpaired) electrons. The third-order valence-corrected chi connectivity index (χ3v) is 1.88. The molecule has 1 atom stereocenters. The van der Waals surface area contributed by atoms with Crippen LogP contribution >= 0.6 is 0 Å². The summed E-state index contributed by atoms with van der Waals surface area (Å²) < 4.78 is 25.2. The molecular formula is C9H11F2NO. The molecule has 0 fully saturated rings. The number of halogens is 2. The zero-order valence-corrected chi connectivity index (χ0v) is 7.22. The van der Waals surface area contributed by atoms with Gasteiger partial charge in [-0.1, -0.05) is 6.07 Å². The molecule has 0 spiro atoms. The van der Waals surface area contributed by atoms with Crippen molar-refractivity contribution in [3.05, 3.63) is 35.4 Å². The van der Waals surface area contributed by atoms with Crippen LogP contribution in [0.5, 0.6) is 0 Å². The first kappa shape index (κ1) is 10.1. The molecule has 4 heteroatoms. The minimum atomic E-state index is -0.897. The SMILES string of the molecule is CN[C@H](CO)c1ccc(F)c(F)c1. The predicted octanol–water partition coefficient (Wildman–Crippen LogP) is 1.22. The molecule has 0 saturated heterocycles. The number of likely N-dealkylation sites (N-methyl/N-ethyl adjacent to an activating group) is 1. The van der Waals surface area contributed by atoms with E-state index in [9.17, 15) is 8.78 Å². The number of nitrogens with one attached hydrogen (secondary N) is 1. The fourth-order valence-corrected chi connectivity index (χ4v) is 1.09. The first-order valence-electron chi connectivity index (χ1n) is 3.92. The van der Waals surface area contributed by atoms with Gasteiger partial charge in [0.25, 0.3) is 0 Å². The molecule has 13 heavy (non-hydrogen) atoms. The Morgan fingerprint density at radius 2 is 2.08 bits per heavy atom. The third kappa shape index (κ3) is 2.23. The summed E-state index contributed by atoms with van der Waals surface area (Å²) in [6.07, 6.45) is 0. The highest BCUT2D eigenvalue weighted by atomic mass is 19.2. The molecule has 0 aliphatic rings. The summed E-state index contributed by atoms with van der Waals surface area (Å²) in [6.45, 7) is -0.151. The van der Waals surface area contributed by atoms with Crippen LogP contribution in [0, 0.1) is 11.6 Å². The zero-order valence-electron chi connectivity index (χ0n) is 7.22. The smallest absolute Gasteiger partial charge is 0.159 e. The number of hydrogen-bond acceptors (Lipinski definition) is 2. The van der Waals surface area contributed by atoms with Crippen molar-refractivity contribution in [2.75, 3.05) is 13.7 Å². The first-order valence-corrected chi connectivity index (χ1v) is 3.92. The Morgan fingerprint density at radius 1 is 1.38 bits per heavy atom. The van der Waals surface area contributed by atoms with Crippen molar-refractivity contribution >= 4 is 0 Å². The number of hydrogen-bond donors (Lipinski definition) is 2. The van der Waals surface area contributed by atoms with Gasteiger partial charge in [-0.25, -0.2) is 8.78 Å². The van der Waals surface area contributed by atoms with Gasteiger partial charge in [0.15, 0.2) is 11.6 Å². The van der Waals surface area contributed by atoms with Crippen LogP contribution in [-0.2, 0) is 0 Å². The maximum absolute atomic E-state index is 12.7. The second kappa shape index (κ2) is 4.30. The molecule has 1 aromatic carbocycles. The van der Waals surface area contributed by atoms with Gasteiger partial charge in [-0.2, -0.15) is 0 Å². The second-order valence-corrected chi connectivity index (χ2v) is 2.70. The average molecular weight is 187 g/mol. The summed E-state index contributed by atoms with van der Waals surface area (Å²) in [7, 11) is 1.64. The zero-order chi connectivity index (χ0) is 9.84. The summed E-state index contributed by atoms with van der Waals surface area (Å²) in [5, 5.41) is 11.6. The molecule has 0 saturated carbocycles. The minimum absolute atomic E-state index is 0.151. The Morgan fingerprint density at radius 3 is 2.54 bits per heavy atom. The molecule has 0 bridgehead atoms. The molecular weight excluding hydrogens is 176 g/mol. The normalized spacial score (nSPS) is 12.9. The Bertz CT molecular complexity index is 287. The lowest BCUT2D eigenvalue weighted by Crippen LogP contribution is -2.20. The first-order chi connectivity index (χ1) is 6.19. The van der Waals surface area contributed by atoms with Crippen molar-refractivity contribution in [1.29, 1.82) is 0 Å². The quantitative estimate of drug-likeness (QED) is 0.745. The average Bonchev–Trinajstić information content (AvgIpc) is 2.13. The van der Waals surface area contributed by atoms with Gasteiger partial charge in [0.1, 0.15) is 0 Å². The summed E-state index contributed by atoms with van der Waals surface area (Å²) in [4.78, 5) is 0. The highest BCUT2D eigenvalue weighted by Gasteiger charge is 2.10. The van der Waals surface area contributed by atoms with E-state index in [1.807, 2.05) is 0 Å². The van der Waals surface area contributed by atoms with Crippen molar-refractivity contribution in [2.24, 2.45) is 0 Å². The second-order valence-electron chi connectivity index (χ2n) is 2.70. The molecule has 2 N–H and O–H groups in total. The Hall–Kier alpha value is -1.00. The van der Waals surface area contributed by atoms with E-state index in [4.69, 9.17) is 5.11 Å². The van der Waals surface area contributed by atoms with Gasteiger partial charge in [0.05, 0.1) is 12.6 Å². The molecule has 0 aromatic heterocycles. The van der Waals surface area contributed by atoms with Crippen LogP contribution in [0.15, 0.2) is 18.2 Å². The largest absolute Gasteiger partial charge is 0.394 e. The van der Waals surface area contributed by atoms with E-state index in [1.165, 1.54) is 6.07 Å². The van der Waals surface area contributed by atoms with Gasteiger partial charge < -0.3 is 10.4 Å². The van der Waals surface area contributed by atoms with E-state index < -0.39 is 11.6 Å². The lowest BCUT2D eigenvalue weighted by atomic mass is 10.1. The van der Waals surface area contributed by atoms with E-state index in [0.29, 0.717) is 5.56 Å². The topological polar surface area (TPSA) is 32.3 Å². The molecule has 2 nitrogen and oxygen atoms in total. The monoisotopic (exact) mass is 187 g/mol.